The van der Waals surface area contributed by atoms with E-state index in [-0.39, 0.29) is 12.5 Å². The molecule has 0 aliphatic carbocycles. The number of aromatic nitrogens is 1. The Morgan fingerprint density at radius 1 is 1.13 bits per heavy atom. The van der Waals surface area contributed by atoms with E-state index < -0.39 is 0 Å². The normalized spacial score (nSPS) is 10.9. The van der Waals surface area contributed by atoms with Gasteiger partial charge in [0, 0.05) is 28.5 Å². The number of hydrogen-bond donors (Lipinski definition) is 2. The largest absolute Gasteiger partial charge is 0.395 e. The molecule has 5 heteroatoms. The monoisotopic (exact) mass is 372 g/mol. The first-order valence-electron chi connectivity index (χ1n) is 7.40. The van der Waals surface area contributed by atoms with E-state index in [1.807, 2.05) is 54.6 Å². The summed E-state index contributed by atoms with van der Waals surface area (Å²) in [6.45, 7) is 0.705. The van der Waals surface area contributed by atoms with Crippen LogP contribution in [0.5, 0.6) is 0 Å². The Morgan fingerprint density at radius 3 is 2.65 bits per heavy atom. The lowest BCUT2D eigenvalue weighted by Crippen LogP contribution is -2.33. The van der Waals surface area contributed by atoms with Gasteiger partial charge in [-0.05, 0) is 29.8 Å². The van der Waals surface area contributed by atoms with Crippen molar-refractivity contribution < 1.29 is 9.90 Å². The minimum Gasteiger partial charge on any atom is -0.395 e. The summed E-state index contributed by atoms with van der Waals surface area (Å²) in [6.07, 6.45) is 0. The van der Waals surface area contributed by atoms with Gasteiger partial charge in [-0.15, -0.1) is 0 Å². The maximum Gasteiger partial charge on any atom is 0.270 e. The summed E-state index contributed by atoms with van der Waals surface area (Å²) in [4.78, 5) is 17.6. The molecule has 0 aliphatic heterocycles. The Kier molecular flexibility index (Phi) is 4.79. The number of benzene rings is 2. The third kappa shape index (κ3) is 3.63. The molecule has 23 heavy (non-hydrogen) atoms. The molecule has 1 aromatic heterocycles. The van der Waals surface area contributed by atoms with Crippen LogP contribution in [-0.4, -0.2) is 34.0 Å². The molecule has 1 amide bonds. The standard InChI is InChI=1S/C18H17BrN2O2/c19-15-6-7-16-14(10-15)11-17(20-16)18(23)21(8-9-22)12-13-4-2-1-3-5-13/h1-7,10-11,20,22H,8-9,12H2. The number of fused-ring (bicyclic) bond motifs is 1. The van der Waals surface area contributed by atoms with E-state index in [1.54, 1.807) is 4.90 Å². The van der Waals surface area contributed by atoms with Gasteiger partial charge in [-0.2, -0.15) is 0 Å². The molecular weight excluding hydrogens is 356 g/mol. The van der Waals surface area contributed by atoms with Crippen LogP contribution in [0.2, 0.25) is 0 Å². The SMILES string of the molecule is O=C(c1cc2cc(Br)ccc2[nH]1)N(CCO)Cc1ccccc1. The van der Waals surface area contributed by atoms with Crippen molar-refractivity contribution in [3.05, 3.63) is 70.3 Å². The van der Waals surface area contributed by atoms with Gasteiger partial charge < -0.3 is 15.0 Å². The van der Waals surface area contributed by atoms with Gasteiger partial charge in [-0.3, -0.25) is 4.79 Å². The van der Waals surface area contributed by atoms with E-state index in [2.05, 4.69) is 20.9 Å². The first-order valence-corrected chi connectivity index (χ1v) is 8.19. The van der Waals surface area contributed by atoms with Crippen molar-refractivity contribution in [3.8, 4) is 0 Å². The number of rotatable bonds is 5. The fourth-order valence-electron chi connectivity index (χ4n) is 2.57. The third-order valence-corrected chi connectivity index (χ3v) is 4.18. The zero-order valence-electron chi connectivity index (χ0n) is 12.5. The average molecular weight is 373 g/mol. The number of carbonyl (C=O) groups is 1. The fraction of sp³-hybridized carbons (Fsp3) is 0.167. The Hall–Kier alpha value is -2.11. The minimum atomic E-state index is -0.116. The molecule has 0 unspecified atom stereocenters. The van der Waals surface area contributed by atoms with E-state index in [4.69, 9.17) is 0 Å². The number of nitrogens with one attached hydrogen (secondary N) is 1. The molecule has 0 bridgehead atoms. The quantitative estimate of drug-likeness (QED) is 0.719. The first kappa shape index (κ1) is 15.8. The first-order chi connectivity index (χ1) is 11.2. The summed E-state index contributed by atoms with van der Waals surface area (Å²) in [7, 11) is 0. The number of halogens is 1. The van der Waals surface area contributed by atoms with Crippen molar-refractivity contribution in [1.82, 2.24) is 9.88 Å². The molecule has 2 N–H and O–H groups in total. The average Bonchev–Trinajstić information content (AvgIpc) is 2.98. The number of aromatic amines is 1. The van der Waals surface area contributed by atoms with Crippen LogP contribution in [-0.2, 0) is 6.54 Å². The van der Waals surface area contributed by atoms with Crippen LogP contribution in [0.3, 0.4) is 0 Å². The molecule has 0 saturated carbocycles. The molecule has 3 aromatic rings. The summed E-state index contributed by atoms with van der Waals surface area (Å²) in [5, 5.41) is 10.3. The number of hydrogen-bond acceptors (Lipinski definition) is 2. The van der Waals surface area contributed by atoms with Crippen molar-refractivity contribution in [2.75, 3.05) is 13.2 Å². The highest BCUT2D eigenvalue weighted by Crippen LogP contribution is 2.21. The molecule has 2 aromatic carbocycles. The van der Waals surface area contributed by atoms with Gasteiger partial charge in [0.2, 0.25) is 0 Å². The van der Waals surface area contributed by atoms with Crippen LogP contribution >= 0.6 is 15.9 Å². The van der Waals surface area contributed by atoms with Gasteiger partial charge in [0.1, 0.15) is 5.69 Å². The molecule has 0 spiro atoms. The van der Waals surface area contributed by atoms with Crippen molar-refractivity contribution >= 4 is 32.7 Å². The second-order valence-corrected chi connectivity index (χ2v) is 6.27. The molecule has 118 valence electrons. The zero-order chi connectivity index (χ0) is 16.2. The van der Waals surface area contributed by atoms with Crippen molar-refractivity contribution in [3.63, 3.8) is 0 Å². The summed E-state index contributed by atoms with van der Waals surface area (Å²) in [5.74, 6) is -0.116. The Labute approximate surface area is 142 Å². The van der Waals surface area contributed by atoms with E-state index in [0.717, 1.165) is 20.9 Å². The predicted octanol–water partition coefficient (Wildman–Crippen LogP) is 3.57. The summed E-state index contributed by atoms with van der Waals surface area (Å²) < 4.78 is 0.972. The molecule has 0 saturated heterocycles. The smallest absolute Gasteiger partial charge is 0.270 e. The lowest BCUT2D eigenvalue weighted by molar-refractivity contribution is 0.0703. The predicted molar refractivity (Wildman–Crippen MR) is 94.3 cm³/mol. The van der Waals surface area contributed by atoms with E-state index in [9.17, 15) is 9.90 Å². The lowest BCUT2D eigenvalue weighted by Gasteiger charge is -2.21. The molecule has 4 nitrogen and oxygen atoms in total. The molecule has 3 rings (SSSR count). The number of amides is 1. The summed E-state index contributed by atoms with van der Waals surface area (Å²) in [5.41, 5.74) is 2.48. The van der Waals surface area contributed by atoms with Crippen LogP contribution in [0, 0.1) is 0 Å². The Bertz CT molecular complexity index is 814. The Morgan fingerprint density at radius 2 is 1.91 bits per heavy atom. The summed E-state index contributed by atoms with van der Waals surface area (Å²) >= 11 is 3.43. The van der Waals surface area contributed by atoms with Crippen LogP contribution in [0.15, 0.2) is 59.1 Å². The number of nitrogens with zero attached hydrogens (tertiary/aromatic N) is 1. The van der Waals surface area contributed by atoms with E-state index in [1.165, 1.54) is 0 Å². The Balaban J connectivity index is 1.87. The molecule has 0 aliphatic rings. The lowest BCUT2D eigenvalue weighted by atomic mass is 10.2. The highest BCUT2D eigenvalue weighted by molar-refractivity contribution is 9.10. The van der Waals surface area contributed by atoms with Gasteiger partial charge in [0.15, 0.2) is 0 Å². The van der Waals surface area contributed by atoms with E-state index in [0.29, 0.717) is 18.8 Å². The van der Waals surface area contributed by atoms with Crippen LogP contribution in [0.4, 0.5) is 0 Å². The second-order valence-electron chi connectivity index (χ2n) is 5.35. The van der Waals surface area contributed by atoms with Gasteiger partial charge in [-0.25, -0.2) is 0 Å². The second kappa shape index (κ2) is 6.98. The van der Waals surface area contributed by atoms with Crippen molar-refractivity contribution in [1.29, 1.82) is 0 Å². The van der Waals surface area contributed by atoms with Crippen LogP contribution < -0.4 is 0 Å². The molecule has 0 atom stereocenters. The van der Waals surface area contributed by atoms with Crippen molar-refractivity contribution in [2.45, 2.75) is 6.54 Å². The van der Waals surface area contributed by atoms with Crippen LogP contribution in [0.25, 0.3) is 10.9 Å². The van der Waals surface area contributed by atoms with Crippen LogP contribution in [0.1, 0.15) is 16.1 Å². The van der Waals surface area contributed by atoms with Gasteiger partial charge in [0.05, 0.1) is 6.61 Å². The maximum absolute atomic E-state index is 12.8. The van der Waals surface area contributed by atoms with Gasteiger partial charge in [0.25, 0.3) is 5.91 Å². The topological polar surface area (TPSA) is 56.3 Å². The van der Waals surface area contributed by atoms with Gasteiger partial charge in [-0.1, -0.05) is 46.3 Å². The molecule has 0 radical (unpaired) electrons. The fourth-order valence-corrected chi connectivity index (χ4v) is 2.94. The number of aliphatic hydroxyl groups excluding tert-OH is 1. The zero-order valence-corrected chi connectivity index (χ0v) is 14.1. The number of H-pyrrole nitrogens is 1. The highest BCUT2D eigenvalue weighted by atomic mass is 79.9. The van der Waals surface area contributed by atoms with Gasteiger partial charge >= 0.3 is 0 Å². The molecule has 0 fully saturated rings. The minimum absolute atomic E-state index is 0.0651. The van der Waals surface area contributed by atoms with E-state index >= 15 is 0 Å². The maximum atomic E-state index is 12.8. The molecule has 1 heterocycles. The summed E-state index contributed by atoms with van der Waals surface area (Å²) in [6, 6.07) is 17.5. The number of carbonyl (C=O) groups excluding carboxylic acids is 1. The molecular formula is C18H17BrN2O2. The third-order valence-electron chi connectivity index (χ3n) is 3.69. The number of aliphatic hydroxyl groups is 1. The van der Waals surface area contributed by atoms with Crippen molar-refractivity contribution in [2.24, 2.45) is 0 Å². The highest BCUT2D eigenvalue weighted by Gasteiger charge is 2.18.